The Kier molecular flexibility index (Phi) is 4.05. The van der Waals surface area contributed by atoms with Gasteiger partial charge in [-0.2, -0.15) is 0 Å². The zero-order chi connectivity index (χ0) is 14.7. The maximum absolute atomic E-state index is 12.1. The van der Waals surface area contributed by atoms with Crippen LogP contribution in [0.1, 0.15) is 16.1 Å². The van der Waals surface area contributed by atoms with Crippen molar-refractivity contribution in [3.8, 4) is 11.5 Å². The van der Waals surface area contributed by atoms with Gasteiger partial charge in [-0.15, -0.1) is 0 Å². The first-order chi connectivity index (χ1) is 9.49. The third-order valence-corrected chi connectivity index (χ3v) is 2.69. The van der Waals surface area contributed by atoms with Crippen LogP contribution in [-0.4, -0.2) is 28.1 Å². The number of hydrogen-bond donors (Lipinski definition) is 2. The van der Waals surface area contributed by atoms with Crippen molar-refractivity contribution in [1.29, 1.82) is 0 Å². The van der Waals surface area contributed by atoms with E-state index in [1.165, 1.54) is 19.2 Å². The van der Waals surface area contributed by atoms with Crippen LogP contribution in [0.25, 0.3) is 0 Å². The fourth-order valence-corrected chi connectivity index (χ4v) is 1.82. The lowest BCUT2D eigenvalue weighted by Crippen LogP contribution is -2.15. The number of carbonyl (C=O) groups is 1. The summed E-state index contributed by atoms with van der Waals surface area (Å²) in [7, 11) is 1.47. The monoisotopic (exact) mass is 293 g/mol. The second-order valence-corrected chi connectivity index (χ2v) is 4.38. The molecule has 20 heavy (non-hydrogen) atoms. The van der Waals surface area contributed by atoms with Gasteiger partial charge in [0.1, 0.15) is 16.7 Å². The molecule has 0 radical (unpaired) electrons. The van der Waals surface area contributed by atoms with Gasteiger partial charge in [0.15, 0.2) is 0 Å². The summed E-state index contributed by atoms with van der Waals surface area (Å²) in [6.07, 6.45) is 0. The van der Waals surface area contributed by atoms with Crippen LogP contribution in [0, 0.1) is 6.92 Å². The molecule has 2 rings (SSSR count). The summed E-state index contributed by atoms with van der Waals surface area (Å²) in [5, 5.41) is 12.4. The summed E-state index contributed by atoms with van der Waals surface area (Å²) in [6, 6.07) is 5.91. The maximum atomic E-state index is 12.1. The number of rotatable bonds is 3. The molecular formula is C13H12ClN3O3. The van der Waals surface area contributed by atoms with Crippen LogP contribution in [-0.2, 0) is 0 Å². The summed E-state index contributed by atoms with van der Waals surface area (Å²) in [4.78, 5) is 20.0. The van der Waals surface area contributed by atoms with E-state index in [-0.39, 0.29) is 22.4 Å². The highest BCUT2D eigenvalue weighted by molar-refractivity contribution is 6.29. The van der Waals surface area contributed by atoms with Gasteiger partial charge in [0.25, 0.3) is 5.91 Å². The topological polar surface area (TPSA) is 84.3 Å². The molecule has 1 heterocycles. The lowest BCUT2D eigenvalue weighted by atomic mass is 10.2. The molecule has 1 aromatic carbocycles. The van der Waals surface area contributed by atoms with Crippen molar-refractivity contribution in [2.45, 2.75) is 6.92 Å². The van der Waals surface area contributed by atoms with Crippen molar-refractivity contribution in [2.24, 2.45) is 0 Å². The third-order valence-electron chi connectivity index (χ3n) is 2.50. The van der Waals surface area contributed by atoms with Crippen LogP contribution in [0.3, 0.4) is 0 Å². The van der Waals surface area contributed by atoms with Crippen LogP contribution in [0.15, 0.2) is 24.3 Å². The molecule has 0 aliphatic heterocycles. The van der Waals surface area contributed by atoms with Crippen molar-refractivity contribution < 1.29 is 14.6 Å². The number of aromatic hydroxyl groups is 1. The molecule has 0 bridgehead atoms. The number of ether oxygens (including phenoxy) is 1. The first-order valence-corrected chi connectivity index (χ1v) is 6.07. The minimum absolute atomic E-state index is 0.0607. The Balaban J connectivity index is 2.27. The number of carbonyl (C=O) groups excluding carboxylic acids is 1. The molecule has 6 nitrogen and oxygen atoms in total. The highest BCUT2D eigenvalue weighted by Gasteiger charge is 2.14. The van der Waals surface area contributed by atoms with Gasteiger partial charge in [-0.25, -0.2) is 9.97 Å². The number of aromatic nitrogens is 2. The molecule has 104 valence electrons. The zero-order valence-electron chi connectivity index (χ0n) is 10.8. The molecule has 0 saturated heterocycles. The second kappa shape index (κ2) is 5.75. The number of halogens is 1. The van der Waals surface area contributed by atoms with Crippen molar-refractivity contribution in [2.75, 3.05) is 12.4 Å². The quantitative estimate of drug-likeness (QED) is 0.849. The number of hydrogen-bond acceptors (Lipinski definition) is 5. The van der Waals surface area contributed by atoms with Crippen molar-refractivity contribution in [3.63, 3.8) is 0 Å². The van der Waals surface area contributed by atoms with E-state index in [0.717, 1.165) is 0 Å². The molecule has 0 aliphatic rings. The summed E-state index contributed by atoms with van der Waals surface area (Å²) in [5.74, 6) is -0.191. The van der Waals surface area contributed by atoms with Crippen LogP contribution in [0.4, 0.5) is 5.95 Å². The molecule has 0 saturated carbocycles. The Bertz CT molecular complexity index is 641. The van der Waals surface area contributed by atoms with Gasteiger partial charge in [-0.05, 0) is 31.2 Å². The van der Waals surface area contributed by atoms with Gasteiger partial charge < -0.3 is 9.84 Å². The standard InChI is InChI=1S/C13H12ClN3O3/c1-7-5-11(14)16-13(15-7)17-12(19)9-6-8(20-2)3-4-10(9)18/h3-6,18H,1-2H3,(H,15,16,17,19). The molecule has 1 aromatic heterocycles. The molecule has 7 heteroatoms. The van der Waals surface area contributed by atoms with Gasteiger partial charge in [0.05, 0.1) is 12.7 Å². The van der Waals surface area contributed by atoms with Crippen LogP contribution in [0.5, 0.6) is 11.5 Å². The first-order valence-electron chi connectivity index (χ1n) is 5.69. The lowest BCUT2D eigenvalue weighted by molar-refractivity contribution is 0.102. The highest BCUT2D eigenvalue weighted by atomic mass is 35.5. The van der Waals surface area contributed by atoms with E-state index in [2.05, 4.69) is 15.3 Å². The summed E-state index contributed by atoms with van der Waals surface area (Å²) in [6.45, 7) is 1.73. The largest absolute Gasteiger partial charge is 0.507 e. The predicted molar refractivity (Wildman–Crippen MR) is 74.4 cm³/mol. The first kappa shape index (κ1) is 14.1. The number of nitrogens with one attached hydrogen (secondary N) is 1. The minimum atomic E-state index is -0.553. The van der Waals surface area contributed by atoms with E-state index in [9.17, 15) is 9.90 Å². The van der Waals surface area contributed by atoms with E-state index >= 15 is 0 Å². The summed E-state index contributed by atoms with van der Waals surface area (Å²) < 4.78 is 5.00. The van der Waals surface area contributed by atoms with Crippen LogP contribution < -0.4 is 10.1 Å². The van der Waals surface area contributed by atoms with E-state index in [4.69, 9.17) is 16.3 Å². The molecule has 0 atom stereocenters. The Morgan fingerprint density at radius 1 is 1.35 bits per heavy atom. The Morgan fingerprint density at radius 3 is 2.75 bits per heavy atom. The summed E-state index contributed by atoms with van der Waals surface area (Å²) in [5.41, 5.74) is 0.681. The molecule has 0 unspecified atom stereocenters. The summed E-state index contributed by atoms with van der Waals surface area (Å²) >= 11 is 5.79. The molecule has 0 fully saturated rings. The molecule has 1 amide bonds. The average molecular weight is 294 g/mol. The average Bonchev–Trinajstić information content (AvgIpc) is 2.37. The fourth-order valence-electron chi connectivity index (χ4n) is 1.58. The number of amides is 1. The molecule has 0 aliphatic carbocycles. The van der Waals surface area contributed by atoms with E-state index < -0.39 is 5.91 Å². The molecule has 2 aromatic rings. The third kappa shape index (κ3) is 3.16. The smallest absolute Gasteiger partial charge is 0.261 e. The van der Waals surface area contributed by atoms with Gasteiger partial charge in [-0.3, -0.25) is 10.1 Å². The number of phenols is 1. The second-order valence-electron chi connectivity index (χ2n) is 3.99. The maximum Gasteiger partial charge on any atom is 0.261 e. The van der Waals surface area contributed by atoms with E-state index in [0.29, 0.717) is 11.4 Å². The number of benzene rings is 1. The van der Waals surface area contributed by atoms with Crippen molar-refractivity contribution in [1.82, 2.24) is 9.97 Å². The SMILES string of the molecule is COc1ccc(O)c(C(=O)Nc2nc(C)cc(Cl)n2)c1. The molecular weight excluding hydrogens is 282 g/mol. The van der Waals surface area contributed by atoms with Gasteiger partial charge in [0.2, 0.25) is 5.95 Å². The van der Waals surface area contributed by atoms with Crippen molar-refractivity contribution in [3.05, 3.63) is 40.7 Å². The normalized spacial score (nSPS) is 10.2. The predicted octanol–water partition coefficient (Wildman–Crippen LogP) is 2.40. The minimum Gasteiger partial charge on any atom is -0.507 e. The number of phenolic OH excluding ortho intramolecular Hbond substituents is 1. The van der Waals surface area contributed by atoms with E-state index in [1.807, 2.05) is 0 Å². The highest BCUT2D eigenvalue weighted by Crippen LogP contribution is 2.23. The van der Waals surface area contributed by atoms with Crippen LogP contribution in [0.2, 0.25) is 5.15 Å². The number of nitrogens with zero attached hydrogens (tertiary/aromatic N) is 2. The van der Waals surface area contributed by atoms with E-state index in [1.54, 1.807) is 19.1 Å². The number of anilines is 1. The fraction of sp³-hybridized carbons (Fsp3) is 0.154. The Labute approximate surface area is 120 Å². The van der Waals surface area contributed by atoms with Gasteiger partial charge in [0, 0.05) is 5.69 Å². The van der Waals surface area contributed by atoms with Crippen molar-refractivity contribution >= 4 is 23.5 Å². The zero-order valence-corrected chi connectivity index (χ0v) is 11.6. The van der Waals surface area contributed by atoms with Crippen LogP contribution >= 0.6 is 11.6 Å². The number of methoxy groups -OCH3 is 1. The molecule has 0 spiro atoms. The van der Waals surface area contributed by atoms with Gasteiger partial charge >= 0.3 is 0 Å². The Hall–Kier alpha value is -2.34. The number of aryl methyl sites for hydroxylation is 1. The molecule has 2 N–H and O–H groups in total. The Morgan fingerprint density at radius 2 is 2.10 bits per heavy atom. The lowest BCUT2D eigenvalue weighted by Gasteiger charge is -2.08. The van der Waals surface area contributed by atoms with Gasteiger partial charge in [-0.1, -0.05) is 11.6 Å².